The third-order valence-corrected chi connectivity index (χ3v) is 5.54. The van der Waals surface area contributed by atoms with E-state index in [1.807, 2.05) is 6.33 Å². The Bertz CT molecular complexity index is 793. The number of nitrogens with zero attached hydrogens (tertiary/aromatic N) is 3. The van der Waals surface area contributed by atoms with E-state index in [-0.39, 0.29) is 5.25 Å². The van der Waals surface area contributed by atoms with Crippen LogP contribution < -0.4 is 0 Å². The SMILES string of the molecule is Cc1ccccc1C(Sc1nncn1C1CC1)c1ccccc1. The molecule has 116 valence electrons. The molecule has 0 bridgehead atoms. The quantitative estimate of drug-likeness (QED) is 0.632. The van der Waals surface area contributed by atoms with Crippen molar-refractivity contribution in [3.63, 3.8) is 0 Å². The number of hydrogen-bond donors (Lipinski definition) is 0. The molecule has 3 aromatic rings. The molecule has 0 saturated heterocycles. The summed E-state index contributed by atoms with van der Waals surface area (Å²) in [5, 5.41) is 9.77. The summed E-state index contributed by atoms with van der Waals surface area (Å²) in [7, 11) is 0. The van der Waals surface area contributed by atoms with E-state index >= 15 is 0 Å². The summed E-state index contributed by atoms with van der Waals surface area (Å²) in [6, 6.07) is 19.9. The molecule has 0 amide bonds. The Labute approximate surface area is 140 Å². The minimum atomic E-state index is 0.235. The maximum Gasteiger partial charge on any atom is 0.192 e. The highest BCUT2D eigenvalue weighted by molar-refractivity contribution is 7.99. The Balaban J connectivity index is 1.73. The Morgan fingerprint density at radius 2 is 1.78 bits per heavy atom. The molecule has 0 N–H and O–H groups in total. The minimum Gasteiger partial charge on any atom is -0.305 e. The lowest BCUT2D eigenvalue weighted by atomic mass is 10.0. The number of rotatable bonds is 5. The fourth-order valence-corrected chi connectivity index (χ4v) is 4.15. The van der Waals surface area contributed by atoms with E-state index in [1.165, 1.54) is 29.5 Å². The number of aryl methyl sites for hydroxylation is 1. The van der Waals surface area contributed by atoms with Gasteiger partial charge in [0, 0.05) is 6.04 Å². The second kappa shape index (κ2) is 6.20. The van der Waals surface area contributed by atoms with Crippen LogP contribution in [0.5, 0.6) is 0 Å². The lowest BCUT2D eigenvalue weighted by Gasteiger charge is -2.19. The van der Waals surface area contributed by atoms with E-state index in [4.69, 9.17) is 0 Å². The first kappa shape index (κ1) is 14.5. The summed E-state index contributed by atoms with van der Waals surface area (Å²) < 4.78 is 2.24. The average Bonchev–Trinajstić information content (AvgIpc) is 3.33. The monoisotopic (exact) mass is 321 g/mol. The first-order chi connectivity index (χ1) is 11.3. The number of aromatic nitrogens is 3. The van der Waals surface area contributed by atoms with Crippen LogP contribution in [0.2, 0.25) is 0 Å². The van der Waals surface area contributed by atoms with Gasteiger partial charge in [-0.3, -0.25) is 0 Å². The molecule has 1 heterocycles. The summed E-state index contributed by atoms with van der Waals surface area (Å²) >= 11 is 1.80. The molecule has 1 fully saturated rings. The van der Waals surface area contributed by atoms with E-state index in [2.05, 4.69) is 76.3 Å². The third-order valence-electron chi connectivity index (χ3n) is 4.28. The number of hydrogen-bond acceptors (Lipinski definition) is 3. The standard InChI is InChI=1S/C19H19N3S/c1-14-7-5-6-10-17(14)18(15-8-3-2-4-9-15)23-19-21-20-13-22(19)16-11-12-16/h2-10,13,16,18H,11-12H2,1H3. The first-order valence-electron chi connectivity index (χ1n) is 7.99. The van der Waals surface area contributed by atoms with Crippen LogP contribution in [0.4, 0.5) is 0 Å². The fourth-order valence-electron chi connectivity index (χ4n) is 2.84. The highest BCUT2D eigenvalue weighted by atomic mass is 32.2. The van der Waals surface area contributed by atoms with Gasteiger partial charge in [-0.15, -0.1) is 10.2 Å². The van der Waals surface area contributed by atoms with Gasteiger partial charge in [-0.2, -0.15) is 0 Å². The molecule has 0 aliphatic heterocycles. The number of thioether (sulfide) groups is 1. The largest absolute Gasteiger partial charge is 0.305 e. The molecule has 0 radical (unpaired) electrons. The van der Waals surface area contributed by atoms with Crippen LogP contribution in [0.15, 0.2) is 66.1 Å². The molecule has 4 rings (SSSR count). The van der Waals surface area contributed by atoms with E-state index in [0.717, 1.165) is 5.16 Å². The molecule has 1 aromatic heterocycles. The van der Waals surface area contributed by atoms with Gasteiger partial charge in [0.15, 0.2) is 5.16 Å². The zero-order valence-corrected chi connectivity index (χ0v) is 13.9. The van der Waals surface area contributed by atoms with Gasteiger partial charge in [0.1, 0.15) is 6.33 Å². The normalized spacial score (nSPS) is 15.5. The second-order valence-corrected chi connectivity index (χ2v) is 7.09. The molecule has 1 atom stereocenters. The third kappa shape index (κ3) is 3.04. The van der Waals surface area contributed by atoms with Crippen molar-refractivity contribution in [2.75, 3.05) is 0 Å². The molecule has 1 aliphatic rings. The molecule has 1 saturated carbocycles. The first-order valence-corrected chi connectivity index (χ1v) is 8.87. The smallest absolute Gasteiger partial charge is 0.192 e. The lowest BCUT2D eigenvalue weighted by Crippen LogP contribution is -2.02. The molecule has 0 spiro atoms. The van der Waals surface area contributed by atoms with Crippen molar-refractivity contribution in [2.45, 2.75) is 36.2 Å². The maximum atomic E-state index is 4.37. The predicted octanol–water partition coefficient (Wildman–Crippen LogP) is 4.80. The molecule has 1 unspecified atom stereocenters. The van der Waals surface area contributed by atoms with Crippen LogP contribution in [0.3, 0.4) is 0 Å². The van der Waals surface area contributed by atoms with Gasteiger partial charge in [0.05, 0.1) is 5.25 Å². The van der Waals surface area contributed by atoms with Crippen LogP contribution in [0, 0.1) is 6.92 Å². The molecule has 2 aromatic carbocycles. The molecule has 23 heavy (non-hydrogen) atoms. The predicted molar refractivity (Wildman–Crippen MR) is 93.6 cm³/mol. The minimum absolute atomic E-state index is 0.235. The fraction of sp³-hybridized carbons (Fsp3) is 0.263. The lowest BCUT2D eigenvalue weighted by molar-refractivity contribution is 0.662. The van der Waals surface area contributed by atoms with E-state index in [9.17, 15) is 0 Å². The van der Waals surface area contributed by atoms with Crippen molar-refractivity contribution in [1.29, 1.82) is 0 Å². The van der Waals surface area contributed by atoms with Gasteiger partial charge in [-0.25, -0.2) is 0 Å². The van der Waals surface area contributed by atoms with Crippen molar-refractivity contribution >= 4 is 11.8 Å². The zero-order chi connectivity index (χ0) is 15.6. The van der Waals surface area contributed by atoms with Crippen molar-refractivity contribution < 1.29 is 0 Å². The summed E-state index contributed by atoms with van der Waals surface area (Å²) in [6.07, 6.45) is 4.36. The van der Waals surface area contributed by atoms with Crippen LogP contribution in [0.1, 0.15) is 40.8 Å². The van der Waals surface area contributed by atoms with Crippen molar-refractivity contribution in [3.05, 3.63) is 77.6 Å². The van der Waals surface area contributed by atoms with Gasteiger partial charge in [0.2, 0.25) is 0 Å². The van der Waals surface area contributed by atoms with Gasteiger partial charge in [-0.1, -0.05) is 66.4 Å². The Morgan fingerprint density at radius 3 is 2.52 bits per heavy atom. The van der Waals surface area contributed by atoms with Crippen molar-refractivity contribution in [1.82, 2.24) is 14.8 Å². The van der Waals surface area contributed by atoms with Gasteiger partial charge in [0.25, 0.3) is 0 Å². The van der Waals surface area contributed by atoms with Gasteiger partial charge in [-0.05, 0) is 36.5 Å². The Morgan fingerprint density at radius 1 is 1.04 bits per heavy atom. The van der Waals surface area contributed by atoms with Crippen molar-refractivity contribution in [2.24, 2.45) is 0 Å². The van der Waals surface area contributed by atoms with Gasteiger partial charge >= 0.3 is 0 Å². The summed E-state index contributed by atoms with van der Waals surface area (Å²) in [4.78, 5) is 0. The molecular weight excluding hydrogens is 302 g/mol. The van der Waals surface area contributed by atoms with Crippen molar-refractivity contribution in [3.8, 4) is 0 Å². The average molecular weight is 321 g/mol. The van der Waals surface area contributed by atoms with Crippen LogP contribution in [0.25, 0.3) is 0 Å². The highest BCUT2D eigenvalue weighted by Crippen LogP contribution is 2.44. The number of benzene rings is 2. The van der Waals surface area contributed by atoms with Crippen LogP contribution in [-0.2, 0) is 0 Å². The summed E-state index contributed by atoms with van der Waals surface area (Å²) in [5.74, 6) is 0. The Hall–Kier alpha value is -2.07. The second-order valence-electron chi connectivity index (χ2n) is 6.02. The van der Waals surface area contributed by atoms with E-state index in [1.54, 1.807) is 11.8 Å². The maximum absolute atomic E-state index is 4.37. The topological polar surface area (TPSA) is 30.7 Å². The zero-order valence-electron chi connectivity index (χ0n) is 13.1. The van der Waals surface area contributed by atoms with E-state index < -0.39 is 0 Å². The molecule has 4 heteroatoms. The molecular formula is C19H19N3S. The molecule has 1 aliphatic carbocycles. The summed E-state index contributed by atoms with van der Waals surface area (Å²) in [6.45, 7) is 2.18. The van der Waals surface area contributed by atoms with E-state index in [0.29, 0.717) is 6.04 Å². The Kier molecular flexibility index (Phi) is 3.92. The summed E-state index contributed by atoms with van der Waals surface area (Å²) in [5.41, 5.74) is 3.96. The van der Waals surface area contributed by atoms with Crippen LogP contribution in [-0.4, -0.2) is 14.8 Å². The van der Waals surface area contributed by atoms with Crippen LogP contribution >= 0.6 is 11.8 Å². The van der Waals surface area contributed by atoms with Gasteiger partial charge < -0.3 is 4.57 Å². The highest BCUT2D eigenvalue weighted by Gasteiger charge is 2.28. The molecule has 3 nitrogen and oxygen atoms in total.